The summed E-state index contributed by atoms with van der Waals surface area (Å²) in [7, 11) is 0. The monoisotopic (exact) mass is 558 g/mol. The minimum atomic E-state index is -0.841. The fourth-order valence-corrected chi connectivity index (χ4v) is 4.24. The van der Waals surface area contributed by atoms with E-state index in [4.69, 9.17) is 14.2 Å². The van der Waals surface area contributed by atoms with Crippen molar-refractivity contribution in [2.75, 3.05) is 6.61 Å². The van der Waals surface area contributed by atoms with Gasteiger partial charge in [0, 0.05) is 10.0 Å². The Kier molecular flexibility index (Phi) is 6.87. The van der Waals surface area contributed by atoms with Crippen molar-refractivity contribution in [3.05, 3.63) is 86.8 Å². The van der Waals surface area contributed by atoms with Crippen LogP contribution in [0.25, 0.3) is 0 Å². The third kappa shape index (κ3) is 5.17. The number of rotatable bonds is 5. The third-order valence-corrected chi connectivity index (χ3v) is 5.47. The zero-order valence-electron chi connectivity index (χ0n) is 16.5. The number of benzene rings is 3. The summed E-state index contributed by atoms with van der Waals surface area (Å²) in [5.41, 5.74) is 3.32. The quantitative estimate of drug-likeness (QED) is 0.211. The molecule has 1 atom stereocenters. The van der Waals surface area contributed by atoms with Gasteiger partial charge in [0.25, 0.3) is 5.91 Å². The van der Waals surface area contributed by atoms with Gasteiger partial charge in [-0.3, -0.25) is 4.79 Å². The lowest BCUT2D eigenvalue weighted by atomic mass is 10.2. The number of nitrogens with zero attached hydrogens (tertiary/aromatic N) is 1. The first-order chi connectivity index (χ1) is 15.5. The molecule has 7 nitrogen and oxygen atoms in total. The molecule has 1 heterocycles. The number of hydrazone groups is 1. The Bertz CT molecular complexity index is 1180. The number of hydrogen-bond acceptors (Lipinski definition) is 6. The highest BCUT2D eigenvalue weighted by Crippen LogP contribution is 2.33. The molecule has 0 aliphatic carbocycles. The Labute approximate surface area is 200 Å². The van der Waals surface area contributed by atoms with Crippen LogP contribution >= 0.6 is 31.9 Å². The van der Waals surface area contributed by atoms with Crippen molar-refractivity contribution >= 4 is 50.0 Å². The summed E-state index contributed by atoms with van der Waals surface area (Å²) in [6.45, 7) is 0.0702. The summed E-state index contributed by atoms with van der Waals surface area (Å²) >= 11 is 6.81. The zero-order valence-corrected chi connectivity index (χ0v) is 19.6. The maximum atomic E-state index is 12.5. The van der Waals surface area contributed by atoms with Crippen molar-refractivity contribution in [2.24, 2.45) is 5.10 Å². The lowest BCUT2D eigenvalue weighted by molar-refractivity contribution is -0.130. The lowest BCUT2D eigenvalue weighted by Crippen LogP contribution is -2.42. The highest BCUT2D eigenvalue weighted by molar-refractivity contribution is 9.11. The minimum absolute atomic E-state index is 0.0702. The summed E-state index contributed by atoms with van der Waals surface area (Å²) in [4.78, 5) is 24.9. The average Bonchev–Trinajstić information content (AvgIpc) is 2.81. The highest BCUT2D eigenvalue weighted by atomic mass is 79.9. The van der Waals surface area contributed by atoms with Gasteiger partial charge >= 0.3 is 5.97 Å². The number of carbonyl (C=O) groups excluding carboxylic acids is 2. The van der Waals surface area contributed by atoms with E-state index in [-0.39, 0.29) is 12.4 Å². The molecule has 0 fully saturated rings. The molecule has 0 saturated heterocycles. The third-order valence-electron chi connectivity index (χ3n) is 4.42. The van der Waals surface area contributed by atoms with Gasteiger partial charge in [-0.1, -0.05) is 46.3 Å². The van der Waals surface area contributed by atoms with Gasteiger partial charge in [0.1, 0.15) is 6.61 Å². The molecule has 1 aliphatic rings. The van der Waals surface area contributed by atoms with Crippen LogP contribution in [0.2, 0.25) is 0 Å². The van der Waals surface area contributed by atoms with Gasteiger partial charge in [-0.15, -0.1) is 0 Å². The molecule has 0 aromatic heterocycles. The van der Waals surface area contributed by atoms with Crippen LogP contribution in [0, 0.1) is 0 Å². The molecule has 0 radical (unpaired) electrons. The van der Waals surface area contributed by atoms with E-state index in [9.17, 15) is 9.59 Å². The van der Waals surface area contributed by atoms with Crippen molar-refractivity contribution in [3.63, 3.8) is 0 Å². The minimum Gasteiger partial charge on any atom is -0.485 e. The highest BCUT2D eigenvalue weighted by Gasteiger charge is 2.27. The molecular formula is C23H16Br2N2O5. The van der Waals surface area contributed by atoms with Crippen molar-refractivity contribution in [2.45, 2.75) is 6.10 Å². The molecule has 3 aromatic rings. The van der Waals surface area contributed by atoms with Crippen LogP contribution in [0.3, 0.4) is 0 Å². The second-order valence-corrected chi connectivity index (χ2v) is 8.43. The molecule has 0 spiro atoms. The summed E-state index contributed by atoms with van der Waals surface area (Å²) in [5, 5.41) is 4.00. The largest absolute Gasteiger partial charge is 0.485 e. The standard InChI is InChI=1S/C23H16Br2N2O5/c24-16-10-15(21(17(25)11-16)32-23(29)14-6-2-1-3-7-14)12-26-27-22(28)20-13-30-18-8-4-5-9-19(18)31-20/h1-12,20H,13H2,(H,27,28)/b26-12-. The first kappa shape index (κ1) is 22.0. The number of para-hydroxylation sites is 2. The molecule has 4 rings (SSSR count). The molecular weight excluding hydrogens is 544 g/mol. The Morgan fingerprint density at radius 1 is 1.03 bits per heavy atom. The van der Waals surface area contributed by atoms with E-state index < -0.39 is 18.0 Å². The van der Waals surface area contributed by atoms with Crippen LogP contribution in [0.5, 0.6) is 17.2 Å². The molecule has 0 saturated carbocycles. The fraction of sp³-hybridized carbons (Fsp3) is 0.0870. The summed E-state index contributed by atoms with van der Waals surface area (Å²) in [6.07, 6.45) is 0.547. The number of carbonyl (C=O) groups is 2. The number of amides is 1. The SMILES string of the molecule is O=C(Oc1c(Br)cc(Br)cc1/C=N\NC(=O)C1COc2ccccc2O1)c1ccccc1. The molecule has 32 heavy (non-hydrogen) atoms. The number of nitrogens with one attached hydrogen (secondary N) is 1. The second-order valence-electron chi connectivity index (χ2n) is 6.66. The maximum Gasteiger partial charge on any atom is 0.343 e. The van der Waals surface area contributed by atoms with E-state index in [1.807, 2.05) is 12.1 Å². The van der Waals surface area contributed by atoms with E-state index in [2.05, 4.69) is 42.4 Å². The van der Waals surface area contributed by atoms with Gasteiger partial charge in [0.15, 0.2) is 17.2 Å². The predicted molar refractivity (Wildman–Crippen MR) is 125 cm³/mol. The van der Waals surface area contributed by atoms with Gasteiger partial charge in [0.05, 0.1) is 16.3 Å². The molecule has 1 aliphatic heterocycles. The van der Waals surface area contributed by atoms with Gasteiger partial charge in [-0.2, -0.15) is 5.10 Å². The number of fused-ring (bicyclic) bond motifs is 1. The molecule has 9 heteroatoms. The second kappa shape index (κ2) is 9.97. The van der Waals surface area contributed by atoms with E-state index in [0.717, 1.165) is 4.47 Å². The topological polar surface area (TPSA) is 86.2 Å². The van der Waals surface area contributed by atoms with Crippen molar-refractivity contribution in [1.82, 2.24) is 5.43 Å². The van der Waals surface area contributed by atoms with Crippen LogP contribution in [-0.4, -0.2) is 30.8 Å². The Morgan fingerprint density at radius 3 is 2.53 bits per heavy atom. The summed E-state index contributed by atoms with van der Waals surface area (Å²) in [5.74, 6) is 0.371. The van der Waals surface area contributed by atoms with E-state index in [1.54, 1.807) is 54.6 Å². The number of hydrogen-bond donors (Lipinski definition) is 1. The first-order valence-corrected chi connectivity index (χ1v) is 11.1. The molecule has 0 bridgehead atoms. The maximum absolute atomic E-state index is 12.5. The summed E-state index contributed by atoms with van der Waals surface area (Å²) < 4.78 is 18.1. The Balaban J connectivity index is 1.46. The van der Waals surface area contributed by atoms with Crippen molar-refractivity contribution < 1.29 is 23.8 Å². The molecule has 1 unspecified atom stereocenters. The van der Waals surface area contributed by atoms with Gasteiger partial charge in [-0.05, 0) is 52.3 Å². The van der Waals surface area contributed by atoms with Crippen LogP contribution in [0.1, 0.15) is 15.9 Å². The van der Waals surface area contributed by atoms with Gasteiger partial charge in [0.2, 0.25) is 6.10 Å². The van der Waals surface area contributed by atoms with Gasteiger partial charge < -0.3 is 14.2 Å². The smallest absolute Gasteiger partial charge is 0.343 e. The van der Waals surface area contributed by atoms with E-state index in [1.165, 1.54) is 6.21 Å². The van der Waals surface area contributed by atoms with E-state index >= 15 is 0 Å². The number of halogens is 2. The molecule has 3 aromatic carbocycles. The predicted octanol–water partition coefficient (Wildman–Crippen LogP) is 4.72. The molecule has 1 N–H and O–H groups in total. The zero-order chi connectivity index (χ0) is 22.5. The first-order valence-electron chi connectivity index (χ1n) is 9.49. The van der Waals surface area contributed by atoms with E-state index in [0.29, 0.717) is 27.1 Å². The van der Waals surface area contributed by atoms with Crippen molar-refractivity contribution in [3.8, 4) is 17.2 Å². The molecule has 1 amide bonds. The normalized spacial score (nSPS) is 14.8. The van der Waals surface area contributed by atoms with Crippen LogP contribution in [0.15, 0.2) is 80.8 Å². The summed E-state index contributed by atoms with van der Waals surface area (Å²) in [6, 6.07) is 19.2. The lowest BCUT2D eigenvalue weighted by Gasteiger charge is -2.24. The van der Waals surface area contributed by atoms with Crippen molar-refractivity contribution in [1.29, 1.82) is 0 Å². The number of ether oxygens (including phenoxy) is 3. The van der Waals surface area contributed by atoms with Crippen LogP contribution in [-0.2, 0) is 4.79 Å². The van der Waals surface area contributed by atoms with Gasteiger partial charge in [-0.25, -0.2) is 10.2 Å². The Morgan fingerprint density at radius 2 is 1.75 bits per heavy atom. The Hall–Kier alpha value is -3.17. The van der Waals surface area contributed by atoms with Crippen LogP contribution in [0.4, 0.5) is 0 Å². The molecule has 162 valence electrons. The number of esters is 1. The average molecular weight is 560 g/mol. The van der Waals surface area contributed by atoms with Crippen LogP contribution < -0.4 is 19.6 Å². The fourth-order valence-electron chi connectivity index (χ4n) is 2.90.